The maximum Gasteiger partial charge on any atom is 0.131 e. The summed E-state index contributed by atoms with van der Waals surface area (Å²) in [6.07, 6.45) is 16.8. The number of rotatable bonds is 27. The lowest BCUT2D eigenvalue weighted by atomic mass is 9.88. The van der Waals surface area contributed by atoms with E-state index in [4.69, 9.17) is 0 Å². The van der Waals surface area contributed by atoms with Crippen LogP contribution in [0.2, 0.25) is 0 Å². The topological polar surface area (TPSA) is 0 Å². The maximum absolute atomic E-state index is 15.0. The predicted molar refractivity (Wildman–Crippen MR) is 567 cm³/mol. The first-order chi connectivity index (χ1) is 63.9. The van der Waals surface area contributed by atoms with E-state index in [9.17, 15) is 8.78 Å². The second-order valence-electron chi connectivity index (χ2n) is 34.5. The molecule has 0 unspecified atom stereocenters. The molecule has 16 aromatic rings. The Labute approximate surface area is 786 Å². The predicted octanol–water partition coefficient (Wildman–Crippen LogP) is 36.4. The Balaban J connectivity index is 0.000000148. The van der Waals surface area contributed by atoms with Crippen LogP contribution in [0.3, 0.4) is 0 Å². The Bertz CT molecular complexity index is 6240. The van der Waals surface area contributed by atoms with Crippen molar-refractivity contribution in [3.05, 3.63) is 440 Å². The number of halogens is 2. The van der Waals surface area contributed by atoms with Crippen LogP contribution in [0.4, 0.5) is 8.78 Å². The largest absolute Gasteiger partial charge is 0.206 e. The first-order valence-electron chi connectivity index (χ1n) is 49.0. The molecule has 0 spiro atoms. The first kappa shape index (κ1) is 97.4. The van der Waals surface area contributed by atoms with Gasteiger partial charge in [0, 0.05) is 11.1 Å². The van der Waals surface area contributed by atoms with E-state index in [-0.39, 0.29) is 11.6 Å². The van der Waals surface area contributed by atoms with E-state index >= 15 is 0 Å². The fourth-order valence-electron chi connectivity index (χ4n) is 17.8. The highest BCUT2D eigenvalue weighted by Gasteiger charge is 2.18. The maximum atomic E-state index is 15.0. The molecule has 0 radical (unpaired) electrons. The van der Waals surface area contributed by atoms with Gasteiger partial charge >= 0.3 is 0 Å². The molecule has 668 valence electrons. The first-order valence-corrected chi connectivity index (χ1v) is 49.0. The van der Waals surface area contributed by atoms with Crippen molar-refractivity contribution in [2.45, 2.75) is 220 Å². The van der Waals surface area contributed by atoms with Crippen molar-refractivity contribution in [3.8, 4) is 122 Å². The minimum atomic E-state index is -0.192. The summed E-state index contributed by atoms with van der Waals surface area (Å²) in [5.41, 5.74) is 49.0. The van der Waals surface area contributed by atoms with Gasteiger partial charge in [0.25, 0.3) is 0 Å². The lowest BCUT2D eigenvalue weighted by molar-refractivity contribution is 0.631. The summed E-state index contributed by atoms with van der Waals surface area (Å²) < 4.78 is 29.8. The fraction of sp³-hybridized carbons (Fsp3) is 0.256. The standard InChI is InChI=1S/C28H25F.C26H29F.C26H30.C25H28.C24H26/c1-3-20-5-9-22(10-6-20)23-13-15-25(16-14-23)27-18-17-26(19-28(27)29)24-11-7-21(4-2)8-12-24;1-5-18-9-11-22(15-20(18)7-3)23-13-14-25(26(27)17-23)24-12-10-19(6-2)21(8-4)16-24;1-5-19-9-13-23(14-10-19)25-17-22(8-4)26(18-21(25)7-3)24-15-11-20(6-2)12-16-24;1-5-19-8-12-22(13-9-19)24-17-21(7-3)25(16-18(24)4)23-14-10-20(6-2)11-15-23;1-4-18-7-11-21(12-8-18)23-15-16-24(20(6-3)17-23)22-13-9-19(5-2)10-14-22/h5-19H,3-4H2,1-2H3;9-17H,5-8H2,1-4H3;9-18H,5-8H2,1-4H3;8-17H,5-7H2,1-4H3;7-17H,4-6H2,1-3H3. The summed E-state index contributed by atoms with van der Waals surface area (Å²) in [4.78, 5) is 0. The van der Waals surface area contributed by atoms with Gasteiger partial charge in [0.2, 0.25) is 0 Å². The highest BCUT2D eigenvalue weighted by Crippen LogP contribution is 2.39. The van der Waals surface area contributed by atoms with Crippen molar-refractivity contribution in [2.24, 2.45) is 0 Å². The van der Waals surface area contributed by atoms with Crippen LogP contribution in [-0.2, 0) is 103 Å². The quantitative estimate of drug-likeness (QED) is 0.0481. The molecule has 16 rings (SSSR count). The van der Waals surface area contributed by atoms with E-state index in [2.05, 4.69) is 397 Å². The van der Waals surface area contributed by atoms with Gasteiger partial charge in [0.1, 0.15) is 11.6 Å². The summed E-state index contributed by atoms with van der Waals surface area (Å²) in [6, 6.07) is 120. The third-order valence-corrected chi connectivity index (χ3v) is 26.6. The third kappa shape index (κ3) is 24.9. The SMILES string of the molecule is CCc1ccc(-c2cc(CC)c(-c3ccc(CC)cc3)cc2C)cc1.CCc1ccc(-c2cc(CC)c(-c3ccc(CC)cc3)cc2CC)cc1.CCc1ccc(-c2ccc(-c3ccc(-c4ccc(CC)cc4)cc3F)cc2)cc1.CCc1ccc(-c2ccc(-c3ccc(CC)c(CC)c3)c(F)c2)cc1CC.CCc1ccc(-c2ccc(-c3ccc(CC)cc3)c(CC)c2)cc1. The third-order valence-electron chi connectivity index (χ3n) is 26.6. The molecular weight excluding hydrogens is 1590 g/mol. The summed E-state index contributed by atoms with van der Waals surface area (Å²) in [6.45, 7) is 37.4. The average molecular weight is 1730 g/mol. The summed E-state index contributed by atoms with van der Waals surface area (Å²) >= 11 is 0. The van der Waals surface area contributed by atoms with E-state index in [0.29, 0.717) is 11.1 Å². The monoisotopic (exact) mass is 1730 g/mol. The van der Waals surface area contributed by atoms with Crippen molar-refractivity contribution in [3.63, 3.8) is 0 Å². The minimum Gasteiger partial charge on any atom is -0.206 e. The van der Waals surface area contributed by atoms with Crippen LogP contribution in [-0.4, -0.2) is 0 Å². The van der Waals surface area contributed by atoms with E-state index < -0.39 is 0 Å². The summed E-state index contributed by atoms with van der Waals surface area (Å²) in [5.74, 6) is -0.349. The van der Waals surface area contributed by atoms with Crippen LogP contribution in [0.5, 0.6) is 0 Å². The van der Waals surface area contributed by atoms with Crippen molar-refractivity contribution in [2.75, 3.05) is 0 Å². The molecule has 0 atom stereocenters. The second kappa shape index (κ2) is 48.3. The second-order valence-corrected chi connectivity index (χ2v) is 34.5. The molecule has 16 aromatic carbocycles. The zero-order chi connectivity index (χ0) is 92.9. The molecule has 0 saturated heterocycles. The number of aryl methyl sites for hydroxylation is 17. The van der Waals surface area contributed by atoms with Crippen LogP contribution in [0, 0.1) is 18.6 Å². The highest BCUT2D eigenvalue weighted by molar-refractivity contribution is 5.81. The van der Waals surface area contributed by atoms with Gasteiger partial charge in [-0.15, -0.1) is 0 Å². The molecule has 0 fully saturated rings. The van der Waals surface area contributed by atoms with Gasteiger partial charge in [0.05, 0.1) is 0 Å². The molecule has 2 heteroatoms. The molecule has 0 aliphatic rings. The normalized spacial score (nSPS) is 10.9. The van der Waals surface area contributed by atoms with Crippen molar-refractivity contribution < 1.29 is 8.78 Å². The Morgan fingerprint density at radius 2 is 0.313 bits per heavy atom. The highest BCUT2D eigenvalue weighted by atomic mass is 19.1. The summed E-state index contributed by atoms with van der Waals surface area (Å²) in [5, 5.41) is 0. The van der Waals surface area contributed by atoms with Crippen molar-refractivity contribution >= 4 is 0 Å². The molecule has 0 bridgehead atoms. The number of benzene rings is 16. The molecule has 0 aliphatic heterocycles. The van der Waals surface area contributed by atoms with E-state index in [1.165, 1.54) is 167 Å². The molecular formula is C129H138F2. The van der Waals surface area contributed by atoms with E-state index in [1.54, 1.807) is 12.1 Å². The van der Waals surface area contributed by atoms with Crippen LogP contribution < -0.4 is 0 Å². The molecule has 131 heavy (non-hydrogen) atoms. The van der Waals surface area contributed by atoms with Gasteiger partial charge in [-0.2, -0.15) is 0 Å². The van der Waals surface area contributed by atoms with Crippen LogP contribution in [0.25, 0.3) is 122 Å². The average Bonchev–Trinajstić information content (AvgIpc) is 0.764. The van der Waals surface area contributed by atoms with E-state index in [0.717, 1.165) is 142 Å². The molecule has 0 amide bonds. The molecule has 0 nitrogen and oxygen atoms in total. The lowest BCUT2D eigenvalue weighted by Crippen LogP contribution is -1.96. The Hall–Kier alpha value is -12.6. The zero-order valence-corrected chi connectivity index (χ0v) is 81.3. The smallest absolute Gasteiger partial charge is 0.131 e. The molecule has 0 N–H and O–H groups in total. The van der Waals surface area contributed by atoms with E-state index in [1.807, 2.05) is 42.5 Å². The molecule has 0 saturated carbocycles. The number of hydrogen-bond donors (Lipinski definition) is 0. The Morgan fingerprint density at radius 1 is 0.130 bits per heavy atom. The Kier molecular flexibility index (Phi) is 35.9. The number of hydrogen-bond acceptors (Lipinski definition) is 0. The van der Waals surface area contributed by atoms with Crippen molar-refractivity contribution in [1.82, 2.24) is 0 Å². The van der Waals surface area contributed by atoms with Crippen LogP contribution >= 0.6 is 0 Å². The zero-order valence-electron chi connectivity index (χ0n) is 81.3. The van der Waals surface area contributed by atoms with Gasteiger partial charge in [-0.1, -0.05) is 432 Å². The van der Waals surface area contributed by atoms with Crippen LogP contribution in [0.1, 0.15) is 205 Å². The minimum absolute atomic E-state index is 0.156. The van der Waals surface area contributed by atoms with Crippen LogP contribution in [0.15, 0.2) is 334 Å². The molecule has 0 aromatic heterocycles. The van der Waals surface area contributed by atoms with Gasteiger partial charge in [-0.05, 0) is 328 Å². The van der Waals surface area contributed by atoms with Gasteiger partial charge in [-0.3, -0.25) is 0 Å². The van der Waals surface area contributed by atoms with Crippen molar-refractivity contribution in [1.29, 1.82) is 0 Å². The summed E-state index contributed by atoms with van der Waals surface area (Å²) in [7, 11) is 0. The van der Waals surface area contributed by atoms with Gasteiger partial charge < -0.3 is 0 Å². The molecule has 0 aliphatic carbocycles. The van der Waals surface area contributed by atoms with Gasteiger partial charge in [0.15, 0.2) is 0 Å². The lowest BCUT2D eigenvalue weighted by Gasteiger charge is -2.16. The van der Waals surface area contributed by atoms with Gasteiger partial charge in [-0.25, -0.2) is 8.78 Å². The molecule has 0 heterocycles. The fourth-order valence-corrected chi connectivity index (χ4v) is 17.8. The Morgan fingerprint density at radius 3 is 0.626 bits per heavy atom.